The van der Waals surface area contributed by atoms with Crippen molar-refractivity contribution in [1.29, 1.82) is 0 Å². The van der Waals surface area contributed by atoms with Crippen LogP contribution in [0.4, 0.5) is 10.2 Å². The number of aromatic nitrogens is 2. The number of fused-ring (bicyclic) bond motifs is 1. The highest BCUT2D eigenvalue weighted by Gasteiger charge is 2.19. The molecule has 1 aliphatic heterocycles. The van der Waals surface area contributed by atoms with Gasteiger partial charge in [-0.2, -0.15) is 5.10 Å². The van der Waals surface area contributed by atoms with E-state index in [0.717, 1.165) is 31.1 Å². The Bertz CT molecular complexity index is 643. The smallest absolute Gasteiger partial charge is 0.124 e. The molecule has 2 aromatic rings. The molecule has 2 atom stereocenters. The van der Waals surface area contributed by atoms with Crippen molar-refractivity contribution >= 4 is 5.82 Å². The van der Waals surface area contributed by atoms with Gasteiger partial charge in [0.2, 0.25) is 0 Å². The van der Waals surface area contributed by atoms with E-state index in [9.17, 15) is 9.50 Å². The predicted octanol–water partition coefficient (Wildman–Crippen LogP) is 1.70. The summed E-state index contributed by atoms with van der Waals surface area (Å²) in [4.78, 5) is 0. The van der Waals surface area contributed by atoms with Crippen molar-refractivity contribution < 1.29 is 9.50 Å². The molecule has 0 bridgehead atoms. The molecule has 5 nitrogen and oxygen atoms in total. The minimum absolute atomic E-state index is 0.324. The number of halogens is 1. The Labute approximate surface area is 129 Å². The van der Waals surface area contributed by atoms with Crippen molar-refractivity contribution in [3.8, 4) is 0 Å². The summed E-state index contributed by atoms with van der Waals surface area (Å²) >= 11 is 0. The van der Waals surface area contributed by atoms with Gasteiger partial charge in [-0.15, -0.1) is 0 Å². The van der Waals surface area contributed by atoms with Crippen molar-refractivity contribution in [3.63, 3.8) is 0 Å². The zero-order valence-corrected chi connectivity index (χ0v) is 12.6. The first-order valence-electron chi connectivity index (χ1n) is 7.54. The maximum Gasteiger partial charge on any atom is 0.124 e. The quantitative estimate of drug-likeness (QED) is 0.787. The van der Waals surface area contributed by atoms with E-state index in [2.05, 4.69) is 15.7 Å². The van der Waals surface area contributed by atoms with Crippen LogP contribution in [0.3, 0.4) is 0 Å². The first-order valence-corrected chi connectivity index (χ1v) is 7.54. The minimum atomic E-state index is -0.699. The van der Waals surface area contributed by atoms with E-state index in [-0.39, 0.29) is 5.82 Å². The topological polar surface area (TPSA) is 62.1 Å². The summed E-state index contributed by atoms with van der Waals surface area (Å²) in [6, 6.07) is 8.13. The van der Waals surface area contributed by atoms with Gasteiger partial charge in [0.1, 0.15) is 11.6 Å². The molecule has 2 heterocycles. The highest BCUT2D eigenvalue weighted by molar-refractivity contribution is 5.38. The molecule has 0 radical (unpaired) electrons. The number of aliphatic hydroxyl groups excluding tert-OH is 1. The summed E-state index contributed by atoms with van der Waals surface area (Å²) in [7, 11) is 0. The van der Waals surface area contributed by atoms with Crippen molar-refractivity contribution in [3.05, 3.63) is 47.4 Å². The normalized spacial score (nSPS) is 18.6. The second-order valence-electron chi connectivity index (χ2n) is 5.83. The fourth-order valence-corrected chi connectivity index (χ4v) is 2.78. The Hall–Kier alpha value is -1.92. The Morgan fingerprint density at radius 2 is 2.36 bits per heavy atom. The highest BCUT2D eigenvalue weighted by Crippen LogP contribution is 2.18. The van der Waals surface area contributed by atoms with E-state index in [1.165, 1.54) is 12.1 Å². The molecule has 0 saturated heterocycles. The zero-order valence-electron chi connectivity index (χ0n) is 12.6. The number of benzene rings is 1. The summed E-state index contributed by atoms with van der Waals surface area (Å²) in [5.41, 5.74) is 1.61. The fourth-order valence-electron chi connectivity index (χ4n) is 2.78. The molecule has 0 spiro atoms. The Balaban J connectivity index is 1.47. The van der Waals surface area contributed by atoms with Crippen molar-refractivity contribution in [2.75, 3.05) is 25.0 Å². The van der Waals surface area contributed by atoms with Gasteiger partial charge in [0.25, 0.3) is 0 Å². The maximum atomic E-state index is 13.1. The van der Waals surface area contributed by atoms with Crippen LogP contribution in [-0.4, -0.2) is 34.5 Å². The van der Waals surface area contributed by atoms with Gasteiger partial charge in [0.15, 0.2) is 0 Å². The van der Waals surface area contributed by atoms with Crippen molar-refractivity contribution in [1.82, 2.24) is 15.1 Å². The first-order chi connectivity index (χ1) is 10.6. The first kappa shape index (κ1) is 15.0. The van der Waals surface area contributed by atoms with Crippen molar-refractivity contribution in [2.24, 2.45) is 5.92 Å². The second kappa shape index (κ2) is 6.46. The van der Waals surface area contributed by atoms with Crippen LogP contribution in [0.5, 0.6) is 0 Å². The molecule has 22 heavy (non-hydrogen) atoms. The van der Waals surface area contributed by atoms with Crippen LogP contribution in [0.2, 0.25) is 0 Å². The van der Waals surface area contributed by atoms with E-state index in [1.807, 2.05) is 17.7 Å². The lowest BCUT2D eigenvalue weighted by atomic mass is 10.1. The summed E-state index contributed by atoms with van der Waals surface area (Å²) in [5, 5.41) is 21.1. The number of rotatable bonds is 5. The number of hydrogen-bond donors (Lipinski definition) is 3. The molecule has 0 amide bonds. The van der Waals surface area contributed by atoms with Crippen LogP contribution < -0.4 is 10.6 Å². The largest absolute Gasteiger partial charge is 0.387 e. The van der Waals surface area contributed by atoms with Gasteiger partial charge in [-0.05, 0) is 24.6 Å². The summed E-state index contributed by atoms with van der Waals surface area (Å²) in [6.45, 7) is 4.91. The Morgan fingerprint density at radius 1 is 1.50 bits per heavy atom. The number of nitrogens with zero attached hydrogens (tertiary/aromatic N) is 2. The van der Waals surface area contributed by atoms with Crippen LogP contribution in [0.25, 0.3) is 0 Å². The summed E-state index contributed by atoms with van der Waals surface area (Å²) < 4.78 is 15.1. The van der Waals surface area contributed by atoms with E-state index < -0.39 is 6.10 Å². The average molecular weight is 304 g/mol. The molecular weight excluding hydrogens is 283 g/mol. The highest BCUT2D eigenvalue weighted by atomic mass is 19.1. The SMILES string of the molecule is Cc1cc2n(n1)C[C@@H](CNC[C@H](O)c1cccc(F)c1)CN2. The van der Waals surface area contributed by atoms with E-state index >= 15 is 0 Å². The minimum Gasteiger partial charge on any atom is -0.387 e. The number of aliphatic hydroxyl groups is 1. The zero-order chi connectivity index (χ0) is 15.5. The summed E-state index contributed by atoms with van der Waals surface area (Å²) in [6.07, 6.45) is -0.699. The third-order valence-electron chi connectivity index (χ3n) is 3.91. The van der Waals surface area contributed by atoms with Gasteiger partial charge >= 0.3 is 0 Å². The third kappa shape index (κ3) is 3.45. The predicted molar refractivity (Wildman–Crippen MR) is 83.2 cm³/mol. The van der Waals surface area contributed by atoms with Crippen LogP contribution in [-0.2, 0) is 6.54 Å². The van der Waals surface area contributed by atoms with Crippen LogP contribution in [0.15, 0.2) is 30.3 Å². The molecule has 6 heteroatoms. The van der Waals surface area contributed by atoms with E-state index in [1.54, 1.807) is 12.1 Å². The second-order valence-corrected chi connectivity index (χ2v) is 5.83. The van der Waals surface area contributed by atoms with Crippen LogP contribution in [0, 0.1) is 18.7 Å². The lowest BCUT2D eigenvalue weighted by Crippen LogP contribution is -2.36. The van der Waals surface area contributed by atoms with Crippen LogP contribution in [0.1, 0.15) is 17.4 Å². The number of aryl methyl sites for hydroxylation is 1. The van der Waals surface area contributed by atoms with Gasteiger partial charge in [0.05, 0.1) is 11.8 Å². The molecule has 0 saturated carbocycles. The summed E-state index contributed by atoms with van der Waals surface area (Å²) in [5.74, 6) is 1.15. The standard InChI is InChI=1S/C16H21FN4O/c1-11-5-16-19-8-12(10-21(16)20-11)7-18-9-15(22)13-3-2-4-14(17)6-13/h2-6,12,15,18-19,22H,7-10H2,1H3/t12-,15-/m0/s1. The lowest BCUT2D eigenvalue weighted by molar-refractivity contribution is 0.171. The van der Waals surface area contributed by atoms with Gasteiger partial charge in [0, 0.05) is 38.2 Å². The maximum absolute atomic E-state index is 13.1. The Morgan fingerprint density at radius 3 is 3.18 bits per heavy atom. The van der Waals surface area contributed by atoms with E-state index in [0.29, 0.717) is 18.0 Å². The number of hydrogen-bond acceptors (Lipinski definition) is 4. The molecule has 0 fully saturated rings. The molecule has 0 aliphatic carbocycles. The molecule has 3 N–H and O–H groups in total. The average Bonchev–Trinajstić information content (AvgIpc) is 2.86. The number of nitrogens with one attached hydrogen (secondary N) is 2. The molecule has 118 valence electrons. The van der Waals surface area contributed by atoms with Gasteiger partial charge in [-0.1, -0.05) is 12.1 Å². The monoisotopic (exact) mass is 304 g/mol. The van der Waals surface area contributed by atoms with Crippen LogP contribution >= 0.6 is 0 Å². The molecule has 3 rings (SSSR count). The van der Waals surface area contributed by atoms with Gasteiger partial charge in [-0.3, -0.25) is 0 Å². The molecule has 1 aliphatic rings. The molecule has 0 unspecified atom stereocenters. The third-order valence-corrected chi connectivity index (χ3v) is 3.91. The number of anilines is 1. The van der Waals surface area contributed by atoms with Crippen molar-refractivity contribution in [2.45, 2.75) is 19.6 Å². The van der Waals surface area contributed by atoms with Gasteiger partial charge < -0.3 is 15.7 Å². The Kier molecular flexibility index (Phi) is 4.40. The van der Waals surface area contributed by atoms with Gasteiger partial charge in [-0.25, -0.2) is 9.07 Å². The fraction of sp³-hybridized carbons (Fsp3) is 0.438. The lowest BCUT2D eigenvalue weighted by Gasteiger charge is -2.25. The molecule has 1 aromatic carbocycles. The molecule has 1 aromatic heterocycles. The molecular formula is C16H21FN4O. The van der Waals surface area contributed by atoms with E-state index in [4.69, 9.17) is 0 Å².